The lowest BCUT2D eigenvalue weighted by Gasteiger charge is -2.13. The Morgan fingerprint density at radius 3 is 2.52 bits per heavy atom. The van der Waals surface area contributed by atoms with Gasteiger partial charge in [0.25, 0.3) is 0 Å². The van der Waals surface area contributed by atoms with Gasteiger partial charge in [-0.25, -0.2) is 9.78 Å². The maximum atomic E-state index is 11.9. The van der Waals surface area contributed by atoms with Crippen molar-refractivity contribution in [3.05, 3.63) is 40.0 Å². The van der Waals surface area contributed by atoms with Crippen LogP contribution in [0.25, 0.3) is 10.2 Å². The first-order valence-electron chi connectivity index (χ1n) is 7.50. The number of methoxy groups -OCH3 is 1. The lowest BCUT2D eigenvalue weighted by molar-refractivity contribution is 0.0605. The van der Waals surface area contributed by atoms with Gasteiger partial charge in [-0.05, 0) is 48.4 Å². The van der Waals surface area contributed by atoms with Crippen molar-refractivity contribution in [2.45, 2.75) is 6.92 Å². The Labute approximate surface area is 154 Å². The van der Waals surface area contributed by atoms with Gasteiger partial charge < -0.3 is 15.0 Å². The summed E-state index contributed by atoms with van der Waals surface area (Å²) in [5.41, 5.74) is 2.74. The maximum Gasteiger partial charge on any atom is 0.348 e. The number of rotatable bonds is 4. The van der Waals surface area contributed by atoms with E-state index in [1.807, 2.05) is 50.2 Å². The first-order chi connectivity index (χ1) is 11.9. The van der Waals surface area contributed by atoms with Crippen LogP contribution in [-0.2, 0) is 4.74 Å². The van der Waals surface area contributed by atoms with Crippen LogP contribution in [0.5, 0.6) is 0 Å². The van der Waals surface area contributed by atoms with Gasteiger partial charge in [0.15, 0.2) is 0 Å². The number of nitrogens with zero attached hydrogens (tertiary/aromatic N) is 3. The zero-order valence-corrected chi connectivity index (χ0v) is 15.8. The van der Waals surface area contributed by atoms with E-state index >= 15 is 0 Å². The smallest absolute Gasteiger partial charge is 0.348 e. The van der Waals surface area contributed by atoms with Crippen molar-refractivity contribution in [1.82, 2.24) is 9.97 Å². The molecule has 0 bridgehead atoms. The number of ether oxygens (including phenoxy) is 1. The predicted molar refractivity (Wildman–Crippen MR) is 103 cm³/mol. The normalized spacial score (nSPS) is 10.8. The molecule has 0 atom stereocenters. The predicted octanol–water partition coefficient (Wildman–Crippen LogP) is 4.25. The first-order valence-corrected chi connectivity index (χ1v) is 8.69. The van der Waals surface area contributed by atoms with Gasteiger partial charge in [0, 0.05) is 25.5 Å². The fourth-order valence-electron chi connectivity index (χ4n) is 2.47. The molecule has 3 aromatic rings. The van der Waals surface area contributed by atoms with Crippen molar-refractivity contribution in [2.24, 2.45) is 0 Å². The number of carbonyl (C=O) groups excluding carboxylic acids is 1. The van der Waals surface area contributed by atoms with Gasteiger partial charge in [-0.15, -0.1) is 11.3 Å². The number of anilines is 3. The molecule has 0 saturated carbocycles. The van der Waals surface area contributed by atoms with Crippen molar-refractivity contribution >= 4 is 56.3 Å². The van der Waals surface area contributed by atoms with Gasteiger partial charge in [0.2, 0.25) is 5.28 Å². The Bertz CT molecular complexity index is 938. The largest absolute Gasteiger partial charge is 0.465 e. The van der Waals surface area contributed by atoms with Crippen molar-refractivity contribution in [3.8, 4) is 0 Å². The van der Waals surface area contributed by atoms with E-state index in [1.165, 1.54) is 18.4 Å². The fourth-order valence-corrected chi connectivity index (χ4v) is 3.79. The topological polar surface area (TPSA) is 67.3 Å². The highest BCUT2D eigenvalue weighted by molar-refractivity contribution is 7.20. The van der Waals surface area contributed by atoms with Gasteiger partial charge in [-0.2, -0.15) is 4.98 Å². The Morgan fingerprint density at radius 2 is 1.92 bits per heavy atom. The standard InChI is InChI=1S/C17H17ClN4O2S/c1-9-12-14(19-10-5-7-11(8-6-10)22(2)3)20-17(18)21-15(12)25-13(9)16(23)24-4/h5-8H,1-4H3,(H,19,20,21). The van der Waals surface area contributed by atoms with Gasteiger partial charge >= 0.3 is 5.97 Å². The zero-order valence-electron chi connectivity index (χ0n) is 14.3. The number of fused-ring (bicyclic) bond motifs is 1. The summed E-state index contributed by atoms with van der Waals surface area (Å²) in [5.74, 6) is 0.175. The van der Waals surface area contributed by atoms with Crippen LogP contribution >= 0.6 is 22.9 Å². The third-order valence-corrected chi connectivity index (χ3v) is 5.11. The molecule has 1 aromatic carbocycles. The number of carbonyl (C=O) groups is 1. The maximum absolute atomic E-state index is 11.9. The van der Waals surface area contributed by atoms with E-state index in [-0.39, 0.29) is 5.28 Å². The van der Waals surface area contributed by atoms with Crippen LogP contribution in [0.2, 0.25) is 5.28 Å². The molecule has 25 heavy (non-hydrogen) atoms. The molecule has 1 N–H and O–H groups in total. The number of halogens is 1. The minimum absolute atomic E-state index is 0.123. The summed E-state index contributed by atoms with van der Waals surface area (Å²) < 4.78 is 4.84. The summed E-state index contributed by atoms with van der Waals surface area (Å²) in [6, 6.07) is 7.92. The second-order valence-corrected chi connectivity index (χ2v) is 6.97. The molecule has 8 heteroatoms. The molecule has 6 nitrogen and oxygen atoms in total. The van der Waals surface area contributed by atoms with Crippen LogP contribution in [-0.4, -0.2) is 37.1 Å². The molecule has 0 aliphatic heterocycles. The second kappa shape index (κ2) is 6.85. The number of hydrogen-bond donors (Lipinski definition) is 1. The van der Waals surface area contributed by atoms with E-state index in [9.17, 15) is 4.79 Å². The van der Waals surface area contributed by atoms with Crippen LogP contribution in [0, 0.1) is 6.92 Å². The van der Waals surface area contributed by atoms with Crippen LogP contribution in [0.15, 0.2) is 24.3 Å². The van der Waals surface area contributed by atoms with Crippen LogP contribution in [0.1, 0.15) is 15.2 Å². The molecule has 2 heterocycles. The summed E-state index contributed by atoms with van der Waals surface area (Å²) in [4.78, 5) is 23.6. The van der Waals surface area contributed by atoms with Gasteiger partial charge in [-0.3, -0.25) is 0 Å². The van der Waals surface area contributed by atoms with Crippen LogP contribution in [0.4, 0.5) is 17.2 Å². The Balaban J connectivity index is 2.06. The van der Waals surface area contributed by atoms with Crippen molar-refractivity contribution in [3.63, 3.8) is 0 Å². The molecule has 0 aliphatic rings. The van der Waals surface area contributed by atoms with E-state index in [0.29, 0.717) is 15.5 Å². The van der Waals surface area contributed by atoms with Crippen LogP contribution < -0.4 is 10.2 Å². The molecule has 130 valence electrons. The number of aromatic nitrogens is 2. The molecular formula is C17H17ClN4O2S. The minimum atomic E-state index is -0.391. The Kier molecular flexibility index (Phi) is 4.78. The van der Waals surface area contributed by atoms with Crippen molar-refractivity contribution < 1.29 is 9.53 Å². The summed E-state index contributed by atoms with van der Waals surface area (Å²) >= 11 is 7.30. The SMILES string of the molecule is COC(=O)c1sc2nc(Cl)nc(Nc3ccc(N(C)C)cc3)c2c1C. The number of aryl methyl sites for hydroxylation is 1. The molecule has 0 amide bonds. The molecule has 0 unspecified atom stereocenters. The molecular weight excluding hydrogens is 360 g/mol. The summed E-state index contributed by atoms with van der Waals surface area (Å²) in [5, 5.41) is 4.16. The zero-order chi connectivity index (χ0) is 18.1. The van der Waals surface area contributed by atoms with E-state index in [4.69, 9.17) is 16.3 Å². The van der Waals surface area contributed by atoms with E-state index in [2.05, 4.69) is 15.3 Å². The molecule has 0 spiro atoms. The molecule has 0 saturated heterocycles. The summed E-state index contributed by atoms with van der Waals surface area (Å²) in [6.45, 7) is 1.85. The summed E-state index contributed by atoms with van der Waals surface area (Å²) in [7, 11) is 5.33. The van der Waals surface area contributed by atoms with Crippen molar-refractivity contribution in [2.75, 3.05) is 31.4 Å². The number of esters is 1. The number of thiophene rings is 1. The molecule has 0 aliphatic carbocycles. The molecule has 0 radical (unpaired) electrons. The third kappa shape index (κ3) is 3.38. The number of nitrogens with one attached hydrogen (secondary N) is 1. The Hall–Kier alpha value is -2.38. The molecule has 3 rings (SSSR count). The summed E-state index contributed by atoms with van der Waals surface area (Å²) in [6.07, 6.45) is 0. The molecule has 0 fully saturated rings. The fraction of sp³-hybridized carbons (Fsp3) is 0.235. The number of benzene rings is 1. The van der Waals surface area contributed by atoms with Gasteiger partial charge in [-0.1, -0.05) is 0 Å². The van der Waals surface area contributed by atoms with E-state index in [0.717, 1.165) is 22.3 Å². The second-order valence-electron chi connectivity index (χ2n) is 5.64. The average Bonchev–Trinajstić information content (AvgIpc) is 2.91. The van der Waals surface area contributed by atoms with Crippen molar-refractivity contribution in [1.29, 1.82) is 0 Å². The van der Waals surface area contributed by atoms with Gasteiger partial charge in [0.05, 0.1) is 12.5 Å². The van der Waals surface area contributed by atoms with Crippen LogP contribution in [0.3, 0.4) is 0 Å². The quantitative estimate of drug-likeness (QED) is 0.542. The van der Waals surface area contributed by atoms with E-state index in [1.54, 1.807) is 0 Å². The average molecular weight is 377 g/mol. The van der Waals surface area contributed by atoms with E-state index < -0.39 is 5.97 Å². The molecule has 2 aromatic heterocycles. The minimum Gasteiger partial charge on any atom is -0.465 e. The highest BCUT2D eigenvalue weighted by Crippen LogP contribution is 2.36. The highest BCUT2D eigenvalue weighted by Gasteiger charge is 2.20. The third-order valence-electron chi connectivity index (χ3n) is 3.78. The highest BCUT2D eigenvalue weighted by atomic mass is 35.5. The lowest BCUT2D eigenvalue weighted by atomic mass is 10.2. The monoisotopic (exact) mass is 376 g/mol. The first kappa shape index (κ1) is 17.4. The number of hydrogen-bond acceptors (Lipinski definition) is 7. The lowest BCUT2D eigenvalue weighted by Crippen LogP contribution is -2.08. The van der Waals surface area contributed by atoms with Gasteiger partial charge in [0.1, 0.15) is 15.5 Å². The Morgan fingerprint density at radius 1 is 1.24 bits per heavy atom.